The Bertz CT molecular complexity index is 922. The van der Waals surface area contributed by atoms with E-state index in [1.165, 1.54) is 7.11 Å². The number of carbonyl (C=O) groups is 9. The second-order valence-electron chi connectivity index (χ2n) is 7.05. The molecular weight excluding hydrogens is 526 g/mol. The molecule has 0 aromatic heterocycles. The average Bonchev–Trinajstić information content (AvgIpc) is 3.48. The Morgan fingerprint density at radius 2 is 0.947 bits per heavy atom. The minimum absolute atomic E-state index is 0.0298. The summed E-state index contributed by atoms with van der Waals surface area (Å²) in [5.41, 5.74) is 0. The molecule has 3 saturated heterocycles. The number of rotatable bonds is 9. The lowest BCUT2D eigenvalue weighted by atomic mass is 10.4. The lowest BCUT2D eigenvalue weighted by Gasteiger charge is -2.15. The lowest BCUT2D eigenvalue weighted by Crippen LogP contribution is -2.37. The second-order valence-corrected chi connectivity index (χ2v) is 7.05. The summed E-state index contributed by atoms with van der Waals surface area (Å²) in [5, 5.41) is 0.826. The van der Waals surface area contributed by atoms with E-state index < -0.39 is 60.5 Å². The highest BCUT2D eigenvalue weighted by Crippen LogP contribution is 2.16. The average molecular weight is 547 g/mol. The van der Waals surface area contributed by atoms with Crippen molar-refractivity contribution in [3.63, 3.8) is 0 Å². The largest absolute Gasteiger partial charge is 0.560 e. The van der Waals surface area contributed by atoms with Crippen molar-refractivity contribution >= 4 is 53.7 Å². The minimum atomic E-state index is -1.48. The minimum Gasteiger partial charge on any atom is -0.426 e. The molecule has 6 amide bonds. The first-order valence-corrected chi connectivity index (χ1v) is 10.6. The number of hydroxylamine groups is 6. The monoisotopic (exact) mass is 547 g/mol. The van der Waals surface area contributed by atoms with Crippen molar-refractivity contribution < 1.29 is 76.6 Å². The summed E-state index contributed by atoms with van der Waals surface area (Å²) in [6.07, 6.45) is -3.13. The number of imide groups is 3. The highest BCUT2D eigenvalue weighted by molar-refractivity contribution is 6.03. The van der Waals surface area contributed by atoms with E-state index >= 15 is 0 Å². The summed E-state index contributed by atoms with van der Waals surface area (Å²) in [6, 6.07) is 0. The Labute approximate surface area is 212 Å². The predicted molar refractivity (Wildman–Crippen MR) is 107 cm³/mol. The van der Waals surface area contributed by atoms with Gasteiger partial charge in [-0.3, -0.25) is 43.3 Å². The molecule has 19 nitrogen and oxygen atoms in total. The van der Waals surface area contributed by atoms with Gasteiger partial charge in [-0.1, -0.05) is 15.2 Å². The molecular formula is C19H21N3O16. The van der Waals surface area contributed by atoms with E-state index in [-0.39, 0.29) is 62.1 Å². The van der Waals surface area contributed by atoms with E-state index in [1.807, 2.05) is 0 Å². The van der Waals surface area contributed by atoms with Gasteiger partial charge in [0.1, 0.15) is 13.4 Å². The van der Waals surface area contributed by atoms with Crippen LogP contribution in [0.15, 0.2) is 0 Å². The Hall–Kier alpha value is -4.65. The predicted octanol–water partition coefficient (Wildman–Crippen LogP) is -1.41. The Morgan fingerprint density at radius 1 is 0.579 bits per heavy atom. The van der Waals surface area contributed by atoms with Crippen molar-refractivity contribution in [1.82, 2.24) is 15.2 Å². The number of methoxy groups -OCH3 is 1. The van der Waals surface area contributed by atoms with E-state index in [2.05, 4.69) is 33.5 Å². The van der Waals surface area contributed by atoms with E-state index in [1.54, 1.807) is 0 Å². The fourth-order valence-electron chi connectivity index (χ4n) is 2.63. The molecule has 0 aromatic carbocycles. The number of ether oxygens (including phenoxy) is 4. The molecule has 3 aliphatic rings. The molecule has 0 aliphatic carbocycles. The summed E-state index contributed by atoms with van der Waals surface area (Å²) in [4.78, 5) is 113. The van der Waals surface area contributed by atoms with Crippen LogP contribution in [-0.2, 0) is 67.0 Å². The molecule has 0 unspecified atom stereocenters. The van der Waals surface area contributed by atoms with Crippen LogP contribution in [0.4, 0.5) is 9.59 Å². The van der Waals surface area contributed by atoms with Crippen LogP contribution in [0.1, 0.15) is 38.5 Å². The van der Waals surface area contributed by atoms with Crippen molar-refractivity contribution in [3.05, 3.63) is 0 Å². The summed E-state index contributed by atoms with van der Waals surface area (Å²) < 4.78 is 18.0. The van der Waals surface area contributed by atoms with Crippen molar-refractivity contribution in [2.45, 2.75) is 38.5 Å². The third kappa shape index (κ3) is 8.78. The summed E-state index contributed by atoms with van der Waals surface area (Å²) in [5.74, 6) is -4.81. The smallest absolute Gasteiger partial charge is 0.426 e. The van der Waals surface area contributed by atoms with Gasteiger partial charge in [0.25, 0.3) is 35.4 Å². The van der Waals surface area contributed by atoms with Gasteiger partial charge in [-0.15, -0.1) is 0 Å². The standard InChI is InChI=1S/C10H13NO9.C9H8N2O7/c1-16-5-17-4-9(14)18-6-19-10(15)20-11-7(12)2-3-8(11)13;12-5-1-2-6(13)10(5)17-9(16)18-11-7(14)3-4-8(11)15/h2-6H2,1H3;1-4H2. The maximum atomic E-state index is 11.2. The molecule has 3 rings (SSSR count). The molecule has 0 N–H and O–H groups in total. The maximum Gasteiger partial charge on any atom is 0.560 e. The van der Waals surface area contributed by atoms with Crippen LogP contribution in [0, 0.1) is 0 Å². The highest BCUT2D eigenvalue weighted by Gasteiger charge is 2.37. The fraction of sp³-hybridized carbons (Fsp3) is 0.526. The Balaban J connectivity index is 0.000000268. The number of nitrogens with zero attached hydrogens (tertiary/aromatic N) is 3. The van der Waals surface area contributed by atoms with Crippen LogP contribution in [0.3, 0.4) is 0 Å². The molecule has 0 aromatic rings. The summed E-state index contributed by atoms with van der Waals surface area (Å²) >= 11 is 0. The molecule has 0 saturated carbocycles. The van der Waals surface area contributed by atoms with Crippen LogP contribution < -0.4 is 0 Å². The van der Waals surface area contributed by atoms with Crippen LogP contribution in [-0.4, -0.2) is 96.2 Å². The second kappa shape index (κ2) is 14.2. The van der Waals surface area contributed by atoms with Gasteiger partial charge in [0.15, 0.2) is 0 Å². The Morgan fingerprint density at radius 3 is 1.32 bits per heavy atom. The van der Waals surface area contributed by atoms with Crippen LogP contribution in [0.25, 0.3) is 0 Å². The topological polar surface area (TPSA) is 228 Å². The molecule has 0 spiro atoms. The van der Waals surface area contributed by atoms with Crippen LogP contribution in [0.2, 0.25) is 0 Å². The Kier molecular flexibility index (Phi) is 11.0. The van der Waals surface area contributed by atoms with Gasteiger partial charge in [-0.05, 0) is 0 Å². The van der Waals surface area contributed by atoms with Crippen molar-refractivity contribution in [2.75, 3.05) is 27.3 Å². The van der Waals surface area contributed by atoms with Crippen LogP contribution in [0.5, 0.6) is 0 Å². The van der Waals surface area contributed by atoms with E-state index in [0.717, 1.165) is 0 Å². The van der Waals surface area contributed by atoms with E-state index in [9.17, 15) is 43.2 Å². The van der Waals surface area contributed by atoms with Gasteiger partial charge < -0.3 is 18.9 Å². The van der Waals surface area contributed by atoms with Crippen molar-refractivity contribution in [1.29, 1.82) is 0 Å². The zero-order valence-electron chi connectivity index (χ0n) is 19.7. The van der Waals surface area contributed by atoms with Gasteiger partial charge >= 0.3 is 18.3 Å². The third-order valence-corrected chi connectivity index (χ3v) is 4.33. The highest BCUT2D eigenvalue weighted by atomic mass is 16.9. The number of esters is 1. The zero-order valence-corrected chi connectivity index (χ0v) is 19.7. The first kappa shape index (κ1) is 29.6. The number of amides is 6. The van der Waals surface area contributed by atoms with Gasteiger partial charge in [0, 0.05) is 45.6 Å². The van der Waals surface area contributed by atoms with Gasteiger partial charge in [0.2, 0.25) is 6.79 Å². The first-order valence-electron chi connectivity index (χ1n) is 10.6. The lowest BCUT2D eigenvalue weighted by molar-refractivity contribution is -0.198. The number of carbonyl (C=O) groups excluding carboxylic acids is 9. The fourth-order valence-corrected chi connectivity index (χ4v) is 2.63. The molecule has 208 valence electrons. The maximum absolute atomic E-state index is 11.2. The van der Waals surface area contributed by atoms with Crippen LogP contribution >= 0.6 is 0 Å². The first-order chi connectivity index (χ1) is 18.0. The molecule has 0 radical (unpaired) electrons. The van der Waals surface area contributed by atoms with E-state index in [0.29, 0.717) is 5.06 Å². The summed E-state index contributed by atoms with van der Waals surface area (Å²) in [6.45, 7) is -1.20. The van der Waals surface area contributed by atoms with Gasteiger partial charge in [-0.25, -0.2) is 9.59 Å². The molecule has 0 atom stereocenters. The quantitative estimate of drug-likeness (QED) is 0.140. The van der Waals surface area contributed by atoms with Crippen molar-refractivity contribution in [3.8, 4) is 0 Å². The molecule has 3 heterocycles. The molecule has 3 fully saturated rings. The SMILES string of the molecule is COCOCC(=O)OCOC(=O)ON1C(=O)CCC1=O.O=C(ON1C(=O)CCC1=O)ON1C(=O)CCC1=O. The zero-order chi connectivity index (χ0) is 28.2. The molecule has 0 bridgehead atoms. The summed E-state index contributed by atoms with van der Waals surface area (Å²) in [7, 11) is 1.38. The molecule has 19 heteroatoms. The molecule has 38 heavy (non-hydrogen) atoms. The van der Waals surface area contributed by atoms with Gasteiger partial charge in [0.05, 0.1) is 0 Å². The number of hydrogen-bond acceptors (Lipinski definition) is 16. The molecule has 3 aliphatic heterocycles. The normalized spacial score (nSPS) is 16.9. The van der Waals surface area contributed by atoms with E-state index in [4.69, 9.17) is 0 Å². The van der Waals surface area contributed by atoms with Crippen molar-refractivity contribution in [2.24, 2.45) is 0 Å². The van der Waals surface area contributed by atoms with Gasteiger partial charge in [-0.2, -0.15) is 4.79 Å². The third-order valence-electron chi connectivity index (χ3n) is 4.33. The number of hydrogen-bond donors (Lipinski definition) is 0.